The van der Waals surface area contributed by atoms with Gasteiger partial charge in [0, 0.05) is 0 Å². The van der Waals surface area contributed by atoms with Crippen LogP contribution in [0.4, 0.5) is 19.6 Å². The van der Waals surface area contributed by atoms with E-state index in [-0.39, 0.29) is 0 Å². The fraction of sp³-hybridized carbons (Fsp3) is 0.375. The quantitative estimate of drug-likeness (QED) is 0.599. The van der Waals surface area contributed by atoms with Gasteiger partial charge in [0.05, 0.1) is 23.2 Å². The molecule has 0 aromatic carbocycles. The Bertz CT molecular complexity index is 545. The Morgan fingerprint density at radius 1 is 0.792 bits per heavy atom. The molecule has 0 fully saturated rings. The largest absolute Gasteiger partial charge is 0.449 e. The van der Waals surface area contributed by atoms with Crippen molar-refractivity contribution >= 4 is 44.9 Å². The van der Waals surface area contributed by atoms with E-state index >= 15 is 0 Å². The SMILES string of the molecule is O=C(Nc1cccs1)OCCCCCCOC(=O)Nc1cccs1. The normalized spacial score (nSPS) is 10.2. The Morgan fingerprint density at radius 2 is 1.25 bits per heavy atom. The smallest absolute Gasteiger partial charge is 0.412 e. The van der Waals surface area contributed by atoms with Crippen LogP contribution in [0.5, 0.6) is 0 Å². The number of thiophene rings is 2. The highest BCUT2D eigenvalue weighted by Crippen LogP contribution is 2.16. The molecule has 8 heteroatoms. The zero-order valence-corrected chi connectivity index (χ0v) is 14.8. The number of amides is 2. The van der Waals surface area contributed by atoms with E-state index in [1.165, 1.54) is 22.7 Å². The van der Waals surface area contributed by atoms with Gasteiger partial charge in [-0.2, -0.15) is 0 Å². The summed E-state index contributed by atoms with van der Waals surface area (Å²) in [5.74, 6) is 0. The van der Waals surface area contributed by atoms with E-state index in [0.717, 1.165) is 35.7 Å². The van der Waals surface area contributed by atoms with Crippen LogP contribution in [0, 0.1) is 0 Å². The van der Waals surface area contributed by atoms with Crippen molar-refractivity contribution in [1.29, 1.82) is 0 Å². The van der Waals surface area contributed by atoms with E-state index in [1.807, 2.05) is 35.0 Å². The average molecular weight is 368 g/mol. The first kappa shape index (κ1) is 18.3. The molecular formula is C16H20N2O4S2. The molecule has 2 amide bonds. The van der Waals surface area contributed by atoms with Gasteiger partial charge in [0.1, 0.15) is 0 Å². The third kappa shape index (κ3) is 7.47. The summed E-state index contributed by atoms with van der Waals surface area (Å²) in [4.78, 5) is 22.9. The lowest BCUT2D eigenvalue weighted by Gasteiger charge is -2.06. The van der Waals surface area contributed by atoms with Crippen LogP contribution in [0.25, 0.3) is 0 Å². The third-order valence-electron chi connectivity index (χ3n) is 3.00. The fourth-order valence-electron chi connectivity index (χ4n) is 1.86. The molecule has 0 radical (unpaired) electrons. The topological polar surface area (TPSA) is 76.7 Å². The van der Waals surface area contributed by atoms with E-state index < -0.39 is 12.2 Å². The minimum absolute atomic E-state index is 0.386. The number of nitrogens with one attached hydrogen (secondary N) is 2. The molecule has 0 aliphatic heterocycles. The van der Waals surface area contributed by atoms with Crippen LogP contribution in [0.2, 0.25) is 0 Å². The van der Waals surface area contributed by atoms with Crippen LogP contribution in [0.15, 0.2) is 35.0 Å². The first-order valence-corrected chi connectivity index (χ1v) is 9.44. The number of rotatable bonds is 9. The molecule has 6 nitrogen and oxygen atoms in total. The van der Waals surface area contributed by atoms with Crippen LogP contribution in [-0.2, 0) is 9.47 Å². The highest BCUT2D eigenvalue weighted by Gasteiger charge is 2.04. The van der Waals surface area contributed by atoms with Gasteiger partial charge >= 0.3 is 12.2 Å². The predicted molar refractivity (Wildman–Crippen MR) is 97.0 cm³/mol. The van der Waals surface area contributed by atoms with Crippen LogP contribution < -0.4 is 10.6 Å². The van der Waals surface area contributed by atoms with E-state index in [1.54, 1.807) is 0 Å². The summed E-state index contributed by atoms with van der Waals surface area (Å²) < 4.78 is 10.2. The summed E-state index contributed by atoms with van der Waals surface area (Å²) in [5, 5.41) is 10.6. The van der Waals surface area contributed by atoms with Crippen LogP contribution in [0.3, 0.4) is 0 Å². The van der Waals surface area contributed by atoms with Gasteiger partial charge in [-0.25, -0.2) is 9.59 Å². The predicted octanol–water partition coefficient (Wildman–Crippen LogP) is 5.17. The summed E-state index contributed by atoms with van der Waals surface area (Å²) in [6.07, 6.45) is 2.57. The first-order valence-electron chi connectivity index (χ1n) is 7.68. The summed E-state index contributed by atoms with van der Waals surface area (Å²) in [5.41, 5.74) is 0. The molecule has 0 unspecified atom stereocenters. The second kappa shape index (κ2) is 10.7. The molecule has 0 aliphatic carbocycles. The van der Waals surface area contributed by atoms with Crippen molar-refractivity contribution in [3.05, 3.63) is 35.0 Å². The Morgan fingerprint density at radius 3 is 1.62 bits per heavy atom. The van der Waals surface area contributed by atoms with Gasteiger partial charge in [-0.3, -0.25) is 10.6 Å². The maximum Gasteiger partial charge on any atom is 0.412 e. The Hall–Kier alpha value is -2.06. The van der Waals surface area contributed by atoms with Crippen molar-refractivity contribution in [2.75, 3.05) is 23.8 Å². The van der Waals surface area contributed by atoms with Gasteiger partial charge in [0.15, 0.2) is 0 Å². The summed E-state index contributed by atoms with van der Waals surface area (Å²) in [7, 11) is 0. The van der Waals surface area contributed by atoms with Crippen molar-refractivity contribution < 1.29 is 19.1 Å². The van der Waals surface area contributed by atoms with Crippen molar-refractivity contribution in [2.24, 2.45) is 0 Å². The molecule has 0 saturated carbocycles. The highest BCUT2D eigenvalue weighted by molar-refractivity contribution is 7.14. The lowest BCUT2D eigenvalue weighted by atomic mass is 10.2. The summed E-state index contributed by atoms with van der Waals surface area (Å²) in [6, 6.07) is 7.37. The van der Waals surface area contributed by atoms with Gasteiger partial charge in [0.2, 0.25) is 0 Å². The molecule has 0 atom stereocenters. The zero-order valence-electron chi connectivity index (χ0n) is 13.2. The number of hydrogen-bond donors (Lipinski definition) is 2. The lowest BCUT2D eigenvalue weighted by molar-refractivity contribution is 0.153. The van der Waals surface area contributed by atoms with E-state index in [0.29, 0.717) is 13.2 Å². The lowest BCUT2D eigenvalue weighted by Crippen LogP contribution is -2.14. The average Bonchev–Trinajstić information content (AvgIpc) is 3.23. The number of anilines is 2. The van der Waals surface area contributed by atoms with E-state index in [9.17, 15) is 9.59 Å². The minimum atomic E-state index is -0.425. The van der Waals surface area contributed by atoms with Crippen LogP contribution >= 0.6 is 22.7 Å². The maximum absolute atomic E-state index is 11.5. The molecule has 0 spiro atoms. The molecule has 2 aromatic rings. The standard InChI is InChI=1S/C16H20N2O4S2/c19-15(17-13-7-5-11-23-13)21-9-3-1-2-4-10-22-16(20)18-14-8-6-12-24-14/h5-8,11-12H,1-4,9-10H2,(H,17,19)(H,18,20). The molecule has 2 heterocycles. The van der Waals surface area contributed by atoms with E-state index in [4.69, 9.17) is 9.47 Å². The fourth-order valence-corrected chi connectivity index (χ4v) is 3.07. The number of unbranched alkanes of at least 4 members (excludes halogenated alkanes) is 3. The number of carbonyl (C=O) groups excluding carboxylic acids is 2. The molecular weight excluding hydrogens is 348 g/mol. The summed E-state index contributed by atoms with van der Waals surface area (Å²) >= 11 is 2.90. The maximum atomic E-state index is 11.5. The highest BCUT2D eigenvalue weighted by atomic mass is 32.1. The second-order valence-corrected chi connectivity index (χ2v) is 6.79. The Balaban J connectivity index is 1.40. The van der Waals surface area contributed by atoms with Gasteiger partial charge in [0.25, 0.3) is 0 Å². The van der Waals surface area contributed by atoms with Crippen molar-refractivity contribution in [3.63, 3.8) is 0 Å². The third-order valence-corrected chi connectivity index (χ3v) is 4.57. The van der Waals surface area contributed by atoms with Gasteiger partial charge in [-0.1, -0.05) is 0 Å². The van der Waals surface area contributed by atoms with Gasteiger partial charge in [-0.15, -0.1) is 22.7 Å². The Labute approximate surface area is 148 Å². The first-order chi connectivity index (χ1) is 11.7. The molecule has 2 aromatic heterocycles. The molecule has 0 saturated heterocycles. The zero-order chi connectivity index (χ0) is 17.0. The van der Waals surface area contributed by atoms with Gasteiger partial charge in [-0.05, 0) is 60.7 Å². The van der Waals surface area contributed by atoms with E-state index in [2.05, 4.69) is 10.6 Å². The van der Waals surface area contributed by atoms with Gasteiger partial charge < -0.3 is 9.47 Å². The van der Waals surface area contributed by atoms with Crippen molar-refractivity contribution in [3.8, 4) is 0 Å². The monoisotopic (exact) mass is 368 g/mol. The van der Waals surface area contributed by atoms with Crippen LogP contribution in [-0.4, -0.2) is 25.4 Å². The Kier molecular flexibility index (Phi) is 8.12. The molecule has 0 aliphatic rings. The molecule has 2 N–H and O–H groups in total. The summed E-state index contributed by atoms with van der Waals surface area (Å²) in [6.45, 7) is 0.772. The second-order valence-electron chi connectivity index (χ2n) is 4.89. The number of carbonyl (C=O) groups is 2. The number of hydrogen-bond acceptors (Lipinski definition) is 6. The van der Waals surface area contributed by atoms with Crippen molar-refractivity contribution in [2.45, 2.75) is 25.7 Å². The molecule has 2 rings (SSSR count). The van der Waals surface area contributed by atoms with Crippen molar-refractivity contribution in [1.82, 2.24) is 0 Å². The molecule has 24 heavy (non-hydrogen) atoms. The number of ether oxygens (including phenoxy) is 2. The molecule has 130 valence electrons. The molecule has 0 bridgehead atoms. The minimum Gasteiger partial charge on any atom is -0.449 e. The van der Waals surface area contributed by atoms with Crippen LogP contribution in [0.1, 0.15) is 25.7 Å².